The summed E-state index contributed by atoms with van der Waals surface area (Å²) in [6.07, 6.45) is -3.82. The van der Waals surface area contributed by atoms with Crippen LogP contribution in [0.3, 0.4) is 0 Å². The third-order valence-corrected chi connectivity index (χ3v) is 2.89. The van der Waals surface area contributed by atoms with Crippen LogP contribution < -0.4 is 10.1 Å². The lowest BCUT2D eigenvalue weighted by molar-refractivity contribution is -0.275. The molecule has 1 aliphatic rings. The second kappa shape index (κ2) is 5.46. The molecule has 96 valence electrons. The molecule has 0 aromatic heterocycles. The lowest BCUT2D eigenvalue weighted by atomic mass is 9.97. The van der Waals surface area contributed by atoms with Crippen LogP contribution in [0.5, 0.6) is 5.75 Å². The SMILES string of the molecule is Cl.FC(F)(F)Oc1ccc(Br)cc1[C@@H]1CCN1. The first-order chi connectivity index (χ1) is 7.46. The van der Waals surface area contributed by atoms with E-state index in [4.69, 9.17) is 0 Å². The highest BCUT2D eigenvalue weighted by molar-refractivity contribution is 9.10. The number of alkyl halides is 3. The van der Waals surface area contributed by atoms with Gasteiger partial charge in [-0.25, -0.2) is 0 Å². The van der Waals surface area contributed by atoms with Crippen LogP contribution in [-0.2, 0) is 0 Å². The number of benzene rings is 1. The molecule has 0 saturated carbocycles. The minimum atomic E-state index is -4.65. The number of hydrogen-bond acceptors (Lipinski definition) is 2. The first-order valence-electron chi connectivity index (χ1n) is 4.74. The molecule has 7 heteroatoms. The minimum Gasteiger partial charge on any atom is -0.405 e. The van der Waals surface area contributed by atoms with E-state index in [2.05, 4.69) is 26.0 Å². The second-order valence-corrected chi connectivity index (χ2v) is 4.44. The Hall–Kier alpha value is -0.460. The van der Waals surface area contributed by atoms with Gasteiger partial charge in [0.15, 0.2) is 0 Å². The predicted octanol–water partition coefficient (Wildman–Crippen LogP) is 3.80. The molecule has 0 radical (unpaired) electrons. The second-order valence-electron chi connectivity index (χ2n) is 3.53. The summed E-state index contributed by atoms with van der Waals surface area (Å²) in [5.74, 6) is -0.132. The molecule has 0 amide bonds. The van der Waals surface area contributed by atoms with E-state index in [1.54, 1.807) is 6.07 Å². The summed E-state index contributed by atoms with van der Waals surface area (Å²) in [6.45, 7) is 0.822. The smallest absolute Gasteiger partial charge is 0.405 e. The Bertz CT molecular complexity index is 396. The van der Waals surface area contributed by atoms with Crippen LogP contribution in [0.25, 0.3) is 0 Å². The highest BCUT2D eigenvalue weighted by Crippen LogP contribution is 2.35. The molecule has 0 bridgehead atoms. The fourth-order valence-corrected chi connectivity index (χ4v) is 1.94. The molecule has 1 aliphatic heterocycles. The summed E-state index contributed by atoms with van der Waals surface area (Å²) in [5, 5.41) is 3.05. The largest absolute Gasteiger partial charge is 0.573 e. The molecule has 1 N–H and O–H groups in total. The van der Waals surface area contributed by atoms with E-state index < -0.39 is 6.36 Å². The van der Waals surface area contributed by atoms with Gasteiger partial charge in [0.2, 0.25) is 0 Å². The zero-order chi connectivity index (χ0) is 11.8. The van der Waals surface area contributed by atoms with Crippen molar-refractivity contribution in [3.8, 4) is 5.75 Å². The van der Waals surface area contributed by atoms with E-state index in [-0.39, 0.29) is 24.2 Å². The molecule has 1 aromatic carbocycles. The van der Waals surface area contributed by atoms with Gasteiger partial charge in [0.05, 0.1) is 0 Å². The standard InChI is InChI=1S/C10H9BrF3NO.ClH/c11-6-1-2-9(16-10(12,13)14)7(5-6)8-3-4-15-8;/h1-2,5,8,15H,3-4H2;1H/t8-;/m0./s1. The third kappa shape index (κ3) is 3.76. The van der Waals surface area contributed by atoms with Gasteiger partial charge in [-0.05, 0) is 31.2 Å². The fourth-order valence-electron chi connectivity index (χ4n) is 1.56. The van der Waals surface area contributed by atoms with Crippen molar-refractivity contribution in [1.82, 2.24) is 5.32 Å². The van der Waals surface area contributed by atoms with Crippen LogP contribution in [0.15, 0.2) is 22.7 Å². The number of hydrogen-bond donors (Lipinski definition) is 1. The molecule has 0 unspecified atom stereocenters. The normalized spacial score (nSPS) is 19.2. The van der Waals surface area contributed by atoms with E-state index >= 15 is 0 Å². The molecule has 0 aliphatic carbocycles. The average molecular weight is 333 g/mol. The van der Waals surface area contributed by atoms with E-state index in [0.717, 1.165) is 17.4 Å². The summed E-state index contributed by atoms with van der Waals surface area (Å²) in [4.78, 5) is 0. The Morgan fingerprint density at radius 1 is 1.35 bits per heavy atom. The van der Waals surface area contributed by atoms with Crippen LogP contribution in [0, 0.1) is 0 Å². The quantitative estimate of drug-likeness (QED) is 0.889. The van der Waals surface area contributed by atoms with Crippen LogP contribution in [0.2, 0.25) is 0 Å². The minimum absolute atomic E-state index is 0. The Kier molecular flexibility index (Phi) is 4.69. The highest BCUT2D eigenvalue weighted by Gasteiger charge is 2.33. The van der Waals surface area contributed by atoms with Crippen LogP contribution in [0.1, 0.15) is 18.0 Å². The van der Waals surface area contributed by atoms with Crippen molar-refractivity contribution in [1.29, 1.82) is 0 Å². The lowest BCUT2D eigenvalue weighted by Crippen LogP contribution is -2.35. The molecule has 17 heavy (non-hydrogen) atoms. The summed E-state index contributed by atoms with van der Waals surface area (Å²) >= 11 is 3.23. The Morgan fingerprint density at radius 2 is 2.00 bits per heavy atom. The van der Waals surface area contributed by atoms with Crippen LogP contribution >= 0.6 is 28.3 Å². The van der Waals surface area contributed by atoms with Crippen LogP contribution in [0.4, 0.5) is 13.2 Å². The lowest BCUT2D eigenvalue weighted by Gasteiger charge is -2.29. The van der Waals surface area contributed by atoms with Gasteiger partial charge in [-0.2, -0.15) is 0 Å². The maximum absolute atomic E-state index is 12.2. The maximum atomic E-state index is 12.2. The highest BCUT2D eigenvalue weighted by atomic mass is 79.9. The van der Waals surface area contributed by atoms with Gasteiger partial charge in [-0.3, -0.25) is 0 Å². The summed E-state index contributed by atoms with van der Waals surface area (Å²) in [5.41, 5.74) is 0.540. The Balaban J connectivity index is 0.00000144. The zero-order valence-electron chi connectivity index (χ0n) is 8.55. The van der Waals surface area contributed by atoms with Gasteiger partial charge in [-0.1, -0.05) is 15.9 Å². The molecule has 1 aromatic rings. The van der Waals surface area contributed by atoms with Crippen LogP contribution in [-0.4, -0.2) is 12.9 Å². The molecule has 1 saturated heterocycles. The van der Waals surface area contributed by atoms with Crippen molar-refractivity contribution < 1.29 is 17.9 Å². The molecular formula is C10H10BrClF3NO. The van der Waals surface area contributed by atoms with Crippen molar-refractivity contribution in [3.63, 3.8) is 0 Å². The van der Waals surface area contributed by atoms with Crippen molar-refractivity contribution in [3.05, 3.63) is 28.2 Å². The average Bonchev–Trinajstić information content (AvgIpc) is 2.04. The summed E-state index contributed by atoms with van der Waals surface area (Å²) in [6, 6.07) is 4.46. The number of halogens is 5. The molecular weight excluding hydrogens is 322 g/mol. The van der Waals surface area contributed by atoms with Gasteiger partial charge < -0.3 is 10.1 Å². The van der Waals surface area contributed by atoms with Crippen molar-refractivity contribution in [2.45, 2.75) is 18.8 Å². The number of rotatable bonds is 2. The van der Waals surface area contributed by atoms with E-state index in [0.29, 0.717) is 5.56 Å². The molecule has 2 rings (SSSR count). The van der Waals surface area contributed by atoms with Gasteiger partial charge >= 0.3 is 6.36 Å². The number of nitrogens with one attached hydrogen (secondary N) is 1. The topological polar surface area (TPSA) is 21.3 Å². The summed E-state index contributed by atoms with van der Waals surface area (Å²) in [7, 11) is 0. The Labute approximate surface area is 111 Å². The predicted molar refractivity (Wildman–Crippen MR) is 63.4 cm³/mol. The Morgan fingerprint density at radius 3 is 2.47 bits per heavy atom. The number of ether oxygens (including phenoxy) is 1. The summed E-state index contributed by atoms with van der Waals surface area (Å²) < 4.78 is 41.2. The first-order valence-corrected chi connectivity index (χ1v) is 5.53. The zero-order valence-corrected chi connectivity index (χ0v) is 11.0. The van der Waals surface area contributed by atoms with E-state index in [1.807, 2.05) is 0 Å². The van der Waals surface area contributed by atoms with E-state index in [1.165, 1.54) is 12.1 Å². The molecule has 1 atom stereocenters. The van der Waals surface area contributed by atoms with E-state index in [9.17, 15) is 13.2 Å². The van der Waals surface area contributed by atoms with Crippen molar-refractivity contribution in [2.24, 2.45) is 0 Å². The van der Waals surface area contributed by atoms with Gasteiger partial charge in [0, 0.05) is 16.1 Å². The third-order valence-electron chi connectivity index (χ3n) is 2.40. The van der Waals surface area contributed by atoms with Gasteiger partial charge in [0.1, 0.15) is 5.75 Å². The monoisotopic (exact) mass is 331 g/mol. The first kappa shape index (κ1) is 14.6. The molecule has 2 nitrogen and oxygen atoms in total. The van der Waals surface area contributed by atoms with Gasteiger partial charge in [0.25, 0.3) is 0 Å². The molecule has 1 fully saturated rings. The van der Waals surface area contributed by atoms with Crippen molar-refractivity contribution in [2.75, 3.05) is 6.54 Å². The van der Waals surface area contributed by atoms with Gasteiger partial charge in [-0.15, -0.1) is 25.6 Å². The van der Waals surface area contributed by atoms with Crippen molar-refractivity contribution >= 4 is 28.3 Å². The molecule has 0 spiro atoms. The molecule has 1 heterocycles. The fraction of sp³-hybridized carbons (Fsp3) is 0.400. The maximum Gasteiger partial charge on any atom is 0.573 e.